The van der Waals surface area contributed by atoms with Crippen molar-refractivity contribution < 1.29 is 80.2 Å². The fraction of sp³-hybridized carbons (Fsp3) is 0.953. The van der Waals surface area contributed by atoms with E-state index in [1.165, 1.54) is 283 Å². The van der Waals surface area contributed by atoms with Crippen molar-refractivity contribution in [2.24, 2.45) is 5.92 Å². The molecule has 0 aliphatic carbocycles. The first-order valence-electron chi connectivity index (χ1n) is 44.1. The molecule has 0 aromatic rings. The predicted octanol–water partition coefficient (Wildman–Crippen LogP) is 26.0. The van der Waals surface area contributed by atoms with E-state index in [1.807, 2.05) is 0 Å². The molecule has 618 valence electrons. The number of phosphoric ester groups is 2. The Balaban J connectivity index is 5.23. The number of phosphoric acid groups is 2. The topological polar surface area (TPSA) is 237 Å². The lowest BCUT2D eigenvalue weighted by Crippen LogP contribution is -2.30. The lowest BCUT2D eigenvalue weighted by Gasteiger charge is -2.21. The summed E-state index contributed by atoms with van der Waals surface area (Å²) in [4.78, 5) is 73.2. The van der Waals surface area contributed by atoms with Crippen LogP contribution in [-0.2, 0) is 65.4 Å². The number of carbonyl (C=O) groups is 4. The molecule has 19 heteroatoms. The normalized spacial score (nSPS) is 13.8. The summed E-state index contributed by atoms with van der Waals surface area (Å²) in [5, 5.41) is 10.7. The first-order valence-corrected chi connectivity index (χ1v) is 47.1. The monoisotopic (exact) mass is 1520 g/mol. The maximum absolute atomic E-state index is 13.1. The zero-order valence-electron chi connectivity index (χ0n) is 68.2. The predicted molar refractivity (Wildman–Crippen MR) is 428 cm³/mol. The van der Waals surface area contributed by atoms with Crippen LogP contribution in [0.4, 0.5) is 0 Å². The van der Waals surface area contributed by atoms with Crippen LogP contribution in [0.5, 0.6) is 0 Å². The summed E-state index contributed by atoms with van der Waals surface area (Å²) in [7, 11) is -9.92. The molecule has 5 atom stereocenters. The largest absolute Gasteiger partial charge is 0.472 e. The summed E-state index contributed by atoms with van der Waals surface area (Å²) in [6, 6.07) is 0. The Kier molecular flexibility index (Phi) is 76.3. The van der Waals surface area contributed by atoms with Crippen molar-refractivity contribution in [2.45, 2.75) is 477 Å². The van der Waals surface area contributed by atoms with Crippen LogP contribution in [0.15, 0.2) is 0 Å². The van der Waals surface area contributed by atoms with Gasteiger partial charge in [-0.2, -0.15) is 0 Å². The summed E-state index contributed by atoms with van der Waals surface area (Å²) in [5.74, 6) is -1.34. The van der Waals surface area contributed by atoms with E-state index < -0.39 is 97.5 Å². The highest BCUT2D eigenvalue weighted by Crippen LogP contribution is 2.45. The maximum atomic E-state index is 13.1. The zero-order valence-corrected chi connectivity index (χ0v) is 70.0. The fourth-order valence-electron chi connectivity index (χ4n) is 13.3. The van der Waals surface area contributed by atoms with Gasteiger partial charge >= 0.3 is 39.5 Å². The van der Waals surface area contributed by atoms with Gasteiger partial charge in [-0.25, -0.2) is 9.13 Å². The van der Waals surface area contributed by atoms with E-state index in [1.54, 1.807) is 0 Å². The van der Waals surface area contributed by atoms with Gasteiger partial charge in [-0.05, 0) is 31.6 Å². The number of aliphatic hydroxyl groups is 1. The van der Waals surface area contributed by atoms with Gasteiger partial charge in [0.2, 0.25) is 0 Å². The number of hydrogen-bond acceptors (Lipinski definition) is 15. The molecule has 0 amide bonds. The SMILES string of the molecule is CCCCCCCCCCCCCCCCCCCCCCC(=O)O[C@H](COC(=O)CCCCCCCCCCCCCCCCCCCCC)COP(=O)(O)OC[C@@H](O)COP(=O)(O)OC[C@@H](COC(=O)CCCCCCCCCCCCC)OC(=O)CCCCCCCCCCCCCC(C)C. The van der Waals surface area contributed by atoms with E-state index in [2.05, 4.69) is 34.6 Å². The molecular weight excluding hydrogens is 1350 g/mol. The number of esters is 4. The number of carbonyl (C=O) groups excluding carboxylic acids is 4. The fourth-order valence-corrected chi connectivity index (χ4v) is 14.9. The van der Waals surface area contributed by atoms with Gasteiger partial charge in [-0.3, -0.25) is 37.3 Å². The van der Waals surface area contributed by atoms with E-state index in [9.17, 15) is 43.2 Å². The zero-order chi connectivity index (χ0) is 76.2. The highest BCUT2D eigenvalue weighted by atomic mass is 31.2. The average molecular weight is 1520 g/mol. The number of aliphatic hydroxyl groups excluding tert-OH is 1. The molecule has 0 bridgehead atoms. The molecule has 0 saturated carbocycles. The average Bonchev–Trinajstić information content (AvgIpc) is 0.902. The van der Waals surface area contributed by atoms with Crippen LogP contribution in [0.3, 0.4) is 0 Å². The molecule has 0 aromatic heterocycles. The second kappa shape index (κ2) is 77.8. The minimum Gasteiger partial charge on any atom is -0.462 e. The number of ether oxygens (including phenoxy) is 4. The van der Waals surface area contributed by atoms with Crippen molar-refractivity contribution in [1.29, 1.82) is 0 Å². The molecule has 0 aliphatic rings. The molecule has 0 rings (SSSR count). The molecule has 0 aromatic carbocycles. The van der Waals surface area contributed by atoms with Crippen molar-refractivity contribution in [3.8, 4) is 0 Å². The first kappa shape index (κ1) is 102. The quantitative estimate of drug-likeness (QED) is 0.0222. The van der Waals surface area contributed by atoms with Gasteiger partial charge in [0.25, 0.3) is 0 Å². The van der Waals surface area contributed by atoms with Crippen LogP contribution in [0.1, 0.15) is 458 Å². The summed E-state index contributed by atoms with van der Waals surface area (Å²) in [6.45, 7) is 7.35. The summed E-state index contributed by atoms with van der Waals surface area (Å²) in [5.41, 5.74) is 0. The lowest BCUT2D eigenvalue weighted by molar-refractivity contribution is -0.161. The highest BCUT2D eigenvalue weighted by Gasteiger charge is 2.30. The Morgan fingerprint density at radius 2 is 0.442 bits per heavy atom. The first-order chi connectivity index (χ1) is 50.5. The van der Waals surface area contributed by atoms with Crippen LogP contribution < -0.4 is 0 Å². The van der Waals surface area contributed by atoms with Gasteiger partial charge < -0.3 is 33.8 Å². The van der Waals surface area contributed by atoms with Crippen LogP contribution >= 0.6 is 15.6 Å². The molecule has 17 nitrogen and oxygen atoms in total. The Bertz CT molecular complexity index is 1980. The van der Waals surface area contributed by atoms with Crippen molar-refractivity contribution in [2.75, 3.05) is 39.6 Å². The third-order valence-electron chi connectivity index (χ3n) is 20.0. The van der Waals surface area contributed by atoms with Crippen LogP contribution in [0, 0.1) is 5.92 Å². The van der Waals surface area contributed by atoms with E-state index in [-0.39, 0.29) is 25.7 Å². The Morgan fingerprint density at radius 1 is 0.260 bits per heavy atom. The van der Waals surface area contributed by atoms with E-state index in [0.717, 1.165) is 95.8 Å². The highest BCUT2D eigenvalue weighted by molar-refractivity contribution is 7.47. The third kappa shape index (κ3) is 78.2. The van der Waals surface area contributed by atoms with E-state index in [0.29, 0.717) is 25.7 Å². The molecule has 104 heavy (non-hydrogen) atoms. The molecule has 0 fully saturated rings. The van der Waals surface area contributed by atoms with Gasteiger partial charge in [0.15, 0.2) is 12.2 Å². The second-order valence-corrected chi connectivity index (χ2v) is 34.0. The maximum Gasteiger partial charge on any atom is 0.472 e. The lowest BCUT2D eigenvalue weighted by atomic mass is 10.0. The van der Waals surface area contributed by atoms with Gasteiger partial charge in [-0.1, -0.05) is 407 Å². The second-order valence-electron chi connectivity index (χ2n) is 31.1. The van der Waals surface area contributed by atoms with Crippen molar-refractivity contribution >= 4 is 39.5 Å². The van der Waals surface area contributed by atoms with Crippen LogP contribution in [0.2, 0.25) is 0 Å². The summed E-state index contributed by atoms with van der Waals surface area (Å²) >= 11 is 0. The van der Waals surface area contributed by atoms with Gasteiger partial charge in [0, 0.05) is 25.7 Å². The molecule has 0 heterocycles. The molecular formula is C85H166O17P2. The van der Waals surface area contributed by atoms with Crippen LogP contribution in [-0.4, -0.2) is 96.7 Å². The smallest absolute Gasteiger partial charge is 0.462 e. The third-order valence-corrected chi connectivity index (χ3v) is 21.9. The molecule has 2 unspecified atom stereocenters. The molecule has 0 spiro atoms. The van der Waals surface area contributed by atoms with Crippen molar-refractivity contribution in [3.05, 3.63) is 0 Å². The van der Waals surface area contributed by atoms with Gasteiger partial charge in [0.05, 0.1) is 26.4 Å². The van der Waals surface area contributed by atoms with Crippen molar-refractivity contribution in [3.63, 3.8) is 0 Å². The molecule has 0 saturated heterocycles. The molecule has 0 aliphatic heterocycles. The minimum absolute atomic E-state index is 0.107. The number of unbranched alkanes of at least 4 members (excludes halogenated alkanes) is 57. The molecule has 3 N–H and O–H groups in total. The molecule has 0 radical (unpaired) electrons. The summed E-state index contributed by atoms with van der Waals surface area (Å²) < 4.78 is 68.9. The number of rotatable bonds is 85. The van der Waals surface area contributed by atoms with E-state index >= 15 is 0 Å². The standard InChI is InChI=1S/C85H166O17P2/c1-6-9-12-15-18-21-24-26-28-30-32-34-36-38-40-45-50-55-60-65-70-84(89)101-81(75-96-83(88)69-64-59-54-49-44-39-37-35-33-31-29-27-25-22-19-16-13-10-7-2)77-100-104(93,94)98-73-79(86)72-97-103(91,92)99-76-80(74-95-82(87)68-63-58-53-48-42-23-20-17-14-11-8-3)102-85(90)71-66-61-56-51-46-41-43-47-52-57-62-67-78(4)5/h78-81,86H,6-77H2,1-5H3,(H,91,92)(H,93,94)/t79-,80+,81+/m0/s1. The summed E-state index contributed by atoms with van der Waals surface area (Å²) in [6.07, 6.45) is 70.8. The Hall–Kier alpha value is -1.94. The van der Waals surface area contributed by atoms with E-state index in [4.69, 9.17) is 37.0 Å². The Labute approximate surface area is 638 Å². The Morgan fingerprint density at radius 3 is 0.654 bits per heavy atom. The van der Waals surface area contributed by atoms with Gasteiger partial charge in [0.1, 0.15) is 19.3 Å². The van der Waals surface area contributed by atoms with Crippen LogP contribution in [0.25, 0.3) is 0 Å². The minimum atomic E-state index is -4.96. The number of hydrogen-bond donors (Lipinski definition) is 3. The van der Waals surface area contributed by atoms with Gasteiger partial charge in [-0.15, -0.1) is 0 Å². The van der Waals surface area contributed by atoms with Crippen molar-refractivity contribution in [1.82, 2.24) is 0 Å².